The molecule has 0 saturated carbocycles. The minimum atomic E-state index is -0.531. The maximum Gasteiger partial charge on any atom is 0.246 e. The van der Waals surface area contributed by atoms with Crippen LogP contribution in [0.5, 0.6) is 0 Å². The van der Waals surface area contributed by atoms with Crippen LogP contribution in [-0.2, 0) is 11.3 Å². The quantitative estimate of drug-likeness (QED) is 0.707. The number of aromatic nitrogens is 2. The van der Waals surface area contributed by atoms with Gasteiger partial charge >= 0.3 is 0 Å². The first-order chi connectivity index (χ1) is 11.6. The smallest absolute Gasteiger partial charge is 0.246 e. The predicted molar refractivity (Wildman–Crippen MR) is 92.8 cm³/mol. The second-order valence-corrected chi connectivity index (χ2v) is 5.97. The Morgan fingerprint density at radius 3 is 2.46 bits per heavy atom. The van der Waals surface area contributed by atoms with Gasteiger partial charge in [0.15, 0.2) is 0 Å². The van der Waals surface area contributed by atoms with Gasteiger partial charge in [-0.15, -0.1) is 0 Å². The van der Waals surface area contributed by atoms with Crippen LogP contribution in [0.25, 0.3) is 11.4 Å². The molecule has 3 aromatic rings. The Morgan fingerprint density at radius 2 is 1.75 bits per heavy atom. The largest absolute Gasteiger partial charge is 0.375 e. The molecule has 0 radical (unpaired) electrons. The van der Waals surface area contributed by atoms with Crippen molar-refractivity contribution in [3.63, 3.8) is 0 Å². The van der Waals surface area contributed by atoms with Gasteiger partial charge in [0.25, 0.3) is 0 Å². The molecule has 0 aliphatic heterocycles. The Morgan fingerprint density at radius 1 is 1.04 bits per heavy atom. The van der Waals surface area contributed by atoms with Gasteiger partial charge in [0.1, 0.15) is 6.04 Å². The van der Waals surface area contributed by atoms with E-state index >= 15 is 0 Å². The van der Waals surface area contributed by atoms with E-state index in [1.807, 2.05) is 30.3 Å². The third kappa shape index (κ3) is 3.94. The Bertz CT molecular complexity index is 788. The summed E-state index contributed by atoms with van der Waals surface area (Å²) in [4.78, 5) is 4.28. The first-order valence-corrected chi connectivity index (χ1v) is 8.06. The zero-order valence-corrected chi connectivity index (χ0v) is 14.2. The molecule has 0 aliphatic rings. The molecular formula is C17H15Cl2N3O2. The SMILES string of the molecule is N[C@H](COCc1ccccc1)c1nc(-c2c(Cl)cccc2Cl)no1. The molecule has 3 rings (SSSR count). The van der Waals surface area contributed by atoms with E-state index in [1.165, 1.54) is 0 Å². The molecule has 1 heterocycles. The molecule has 0 unspecified atom stereocenters. The van der Waals surface area contributed by atoms with Gasteiger partial charge in [-0.1, -0.05) is 64.8 Å². The summed E-state index contributed by atoms with van der Waals surface area (Å²) in [6.45, 7) is 0.721. The van der Waals surface area contributed by atoms with Gasteiger partial charge in [0.05, 0.1) is 28.8 Å². The van der Waals surface area contributed by atoms with Crippen LogP contribution < -0.4 is 5.73 Å². The fourth-order valence-electron chi connectivity index (χ4n) is 2.15. The highest BCUT2D eigenvalue weighted by Crippen LogP contribution is 2.32. The highest BCUT2D eigenvalue weighted by atomic mass is 35.5. The minimum absolute atomic E-state index is 0.257. The Labute approximate surface area is 149 Å². The van der Waals surface area contributed by atoms with Gasteiger partial charge in [-0.2, -0.15) is 4.98 Å². The lowest BCUT2D eigenvalue weighted by Crippen LogP contribution is -2.17. The van der Waals surface area contributed by atoms with Gasteiger partial charge in [-0.05, 0) is 17.7 Å². The molecule has 0 spiro atoms. The normalized spacial score (nSPS) is 12.3. The van der Waals surface area contributed by atoms with E-state index in [0.717, 1.165) is 5.56 Å². The average Bonchev–Trinajstić information content (AvgIpc) is 3.05. The summed E-state index contributed by atoms with van der Waals surface area (Å²) in [5.74, 6) is 0.577. The maximum atomic E-state index is 6.14. The van der Waals surface area contributed by atoms with Crippen LogP contribution in [0.1, 0.15) is 17.5 Å². The van der Waals surface area contributed by atoms with Crippen molar-refractivity contribution in [2.75, 3.05) is 6.61 Å². The predicted octanol–water partition coefficient (Wildman–Crippen LogP) is 4.26. The van der Waals surface area contributed by atoms with Crippen molar-refractivity contribution in [3.8, 4) is 11.4 Å². The molecule has 5 nitrogen and oxygen atoms in total. The molecule has 0 amide bonds. The molecule has 0 fully saturated rings. The molecule has 24 heavy (non-hydrogen) atoms. The summed E-state index contributed by atoms with van der Waals surface area (Å²) < 4.78 is 10.8. The number of nitrogens with two attached hydrogens (primary N) is 1. The van der Waals surface area contributed by atoms with Crippen LogP contribution >= 0.6 is 23.2 Å². The number of hydrogen-bond donors (Lipinski definition) is 1. The standard InChI is InChI=1S/C17H15Cl2N3O2/c18-12-7-4-8-13(19)15(12)16-21-17(24-22-16)14(20)10-23-9-11-5-2-1-3-6-11/h1-8,14H,9-10,20H2/t14-/m1/s1. The van der Waals surface area contributed by atoms with Crippen LogP contribution in [0.4, 0.5) is 0 Å². The van der Waals surface area contributed by atoms with Crippen LogP contribution in [0.2, 0.25) is 10.0 Å². The summed E-state index contributed by atoms with van der Waals surface area (Å²) in [6.07, 6.45) is 0. The highest BCUT2D eigenvalue weighted by molar-refractivity contribution is 6.38. The molecule has 0 bridgehead atoms. The molecular weight excluding hydrogens is 349 g/mol. The van der Waals surface area contributed by atoms with E-state index in [1.54, 1.807) is 18.2 Å². The number of hydrogen-bond acceptors (Lipinski definition) is 5. The fraction of sp³-hybridized carbons (Fsp3) is 0.176. The Hall–Kier alpha value is -1.92. The third-order valence-electron chi connectivity index (χ3n) is 3.35. The monoisotopic (exact) mass is 363 g/mol. The first-order valence-electron chi connectivity index (χ1n) is 7.30. The van der Waals surface area contributed by atoms with Gasteiger partial charge < -0.3 is 15.0 Å². The van der Waals surface area contributed by atoms with Crippen molar-refractivity contribution < 1.29 is 9.26 Å². The summed E-state index contributed by atoms with van der Waals surface area (Å²) >= 11 is 12.3. The van der Waals surface area contributed by atoms with Gasteiger partial charge in [-0.3, -0.25) is 0 Å². The average molecular weight is 364 g/mol. The van der Waals surface area contributed by atoms with Gasteiger partial charge in [0.2, 0.25) is 11.7 Å². The number of benzene rings is 2. The first kappa shape index (κ1) is 16.9. The van der Waals surface area contributed by atoms with Crippen LogP contribution in [-0.4, -0.2) is 16.7 Å². The number of ether oxygens (including phenoxy) is 1. The fourth-order valence-corrected chi connectivity index (χ4v) is 2.71. The molecule has 1 aromatic heterocycles. The third-order valence-corrected chi connectivity index (χ3v) is 3.98. The summed E-state index contributed by atoms with van der Waals surface area (Å²) in [5, 5.41) is 4.80. The van der Waals surface area contributed by atoms with Crippen LogP contribution in [0.3, 0.4) is 0 Å². The van der Waals surface area contributed by atoms with E-state index in [4.69, 9.17) is 38.2 Å². The van der Waals surface area contributed by atoms with Gasteiger partial charge in [0, 0.05) is 0 Å². The van der Waals surface area contributed by atoms with E-state index in [-0.39, 0.29) is 12.5 Å². The highest BCUT2D eigenvalue weighted by Gasteiger charge is 2.19. The second-order valence-electron chi connectivity index (χ2n) is 5.16. The van der Waals surface area contributed by atoms with Crippen molar-refractivity contribution in [1.29, 1.82) is 0 Å². The second kappa shape index (κ2) is 7.77. The minimum Gasteiger partial charge on any atom is -0.375 e. The van der Waals surface area contributed by atoms with Crippen molar-refractivity contribution >= 4 is 23.2 Å². The van der Waals surface area contributed by atoms with Crippen molar-refractivity contribution in [2.24, 2.45) is 5.73 Å². The van der Waals surface area contributed by atoms with E-state index in [2.05, 4.69) is 10.1 Å². The number of nitrogens with zero attached hydrogens (tertiary/aromatic N) is 2. The number of rotatable bonds is 6. The molecule has 1 atom stereocenters. The van der Waals surface area contributed by atoms with E-state index in [0.29, 0.717) is 28.0 Å². The Balaban J connectivity index is 1.64. The van der Waals surface area contributed by atoms with Crippen LogP contribution in [0.15, 0.2) is 53.1 Å². The van der Waals surface area contributed by atoms with Crippen LogP contribution in [0, 0.1) is 0 Å². The lowest BCUT2D eigenvalue weighted by Gasteiger charge is -2.08. The zero-order valence-electron chi connectivity index (χ0n) is 12.7. The zero-order chi connectivity index (χ0) is 16.9. The molecule has 2 aromatic carbocycles. The molecule has 0 saturated heterocycles. The summed E-state index contributed by atoms with van der Waals surface area (Å²) in [7, 11) is 0. The molecule has 124 valence electrons. The maximum absolute atomic E-state index is 6.14. The molecule has 2 N–H and O–H groups in total. The van der Waals surface area contributed by atoms with Crippen molar-refractivity contribution in [2.45, 2.75) is 12.6 Å². The number of halogens is 2. The topological polar surface area (TPSA) is 74.2 Å². The van der Waals surface area contributed by atoms with E-state index < -0.39 is 6.04 Å². The van der Waals surface area contributed by atoms with Crippen molar-refractivity contribution in [1.82, 2.24) is 10.1 Å². The lowest BCUT2D eigenvalue weighted by atomic mass is 10.2. The summed E-state index contributed by atoms with van der Waals surface area (Å²) in [5.41, 5.74) is 7.63. The lowest BCUT2D eigenvalue weighted by molar-refractivity contribution is 0.0997. The molecule has 0 aliphatic carbocycles. The van der Waals surface area contributed by atoms with E-state index in [9.17, 15) is 0 Å². The molecule has 7 heteroatoms. The van der Waals surface area contributed by atoms with Crippen molar-refractivity contribution in [3.05, 3.63) is 70.0 Å². The Kier molecular flexibility index (Phi) is 5.48. The summed E-state index contributed by atoms with van der Waals surface area (Å²) in [6, 6.07) is 14.5. The van der Waals surface area contributed by atoms with Gasteiger partial charge in [-0.25, -0.2) is 0 Å².